The van der Waals surface area contributed by atoms with Crippen LogP contribution in [-0.2, 0) is 14.8 Å². The average Bonchev–Trinajstić information content (AvgIpc) is 2.39. The van der Waals surface area contributed by atoms with Crippen molar-refractivity contribution in [3.05, 3.63) is 18.3 Å². The van der Waals surface area contributed by atoms with E-state index in [0.717, 1.165) is 0 Å². The molecule has 0 radical (unpaired) electrons. The summed E-state index contributed by atoms with van der Waals surface area (Å²) in [5, 5.41) is 3.02. The molecular formula is C13H23N3O3S. The molecule has 1 rings (SSSR count). The van der Waals surface area contributed by atoms with Crippen LogP contribution >= 0.6 is 0 Å². The van der Waals surface area contributed by atoms with Gasteiger partial charge in [-0.2, -0.15) is 0 Å². The van der Waals surface area contributed by atoms with Crippen LogP contribution < -0.4 is 10.0 Å². The molecule has 114 valence electrons. The van der Waals surface area contributed by atoms with Crippen molar-refractivity contribution in [2.45, 2.75) is 31.8 Å². The summed E-state index contributed by atoms with van der Waals surface area (Å²) in [6.45, 7) is 6.73. The van der Waals surface area contributed by atoms with E-state index in [1.54, 1.807) is 19.2 Å². The molecule has 1 aromatic rings. The van der Waals surface area contributed by atoms with Gasteiger partial charge in [0.05, 0.1) is 12.3 Å². The van der Waals surface area contributed by atoms with Crippen molar-refractivity contribution in [3.63, 3.8) is 0 Å². The Hall–Kier alpha value is -1.18. The zero-order valence-corrected chi connectivity index (χ0v) is 13.2. The Bertz CT molecular complexity index is 517. The van der Waals surface area contributed by atoms with Crippen LogP contribution in [0.1, 0.15) is 20.8 Å². The topological polar surface area (TPSA) is 80.3 Å². The van der Waals surface area contributed by atoms with Crippen LogP contribution in [0.2, 0.25) is 0 Å². The van der Waals surface area contributed by atoms with Crippen LogP contribution in [0.15, 0.2) is 23.4 Å². The van der Waals surface area contributed by atoms with Crippen LogP contribution in [0.3, 0.4) is 0 Å². The summed E-state index contributed by atoms with van der Waals surface area (Å²) in [6.07, 6.45) is 1.47. The predicted octanol–water partition coefficient (Wildman–Crippen LogP) is 1.46. The van der Waals surface area contributed by atoms with E-state index in [-0.39, 0.29) is 17.0 Å². The lowest BCUT2D eigenvalue weighted by Crippen LogP contribution is -2.42. The number of pyridine rings is 1. The molecule has 2 N–H and O–H groups in total. The quantitative estimate of drug-likeness (QED) is 0.760. The lowest BCUT2D eigenvalue weighted by Gasteiger charge is -2.21. The zero-order valence-electron chi connectivity index (χ0n) is 12.4. The van der Waals surface area contributed by atoms with E-state index < -0.39 is 10.0 Å². The second-order valence-electron chi connectivity index (χ2n) is 4.81. The molecule has 0 spiro atoms. The molecule has 1 heterocycles. The lowest BCUT2D eigenvalue weighted by molar-refractivity contribution is 0.157. The van der Waals surface area contributed by atoms with Crippen molar-refractivity contribution in [2.24, 2.45) is 5.92 Å². The highest BCUT2D eigenvalue weighted by Crippen LogP contribution is 2.18. The van der Waals surface area contributed by atoms with Gasteiger partial charge in [-0.15, -0.1) is 0 Å². The molecule has 0 saturated heterocycles. The number of hydrogen-bond donors (Lipinski definition) is 2. The first-order chi connectivity index (χ1) is 9.42. The van der Waals surface area contributed by atoms with Crippen molar-refractivity contribution >= 4 is 15.7 Å². The molecule has 20 heavy (non-hydrogen) atoms. The smallest absolute Gasteiger partial charge is 0.260 e. The molecule has 0 aromatic carbocycles. The Labute approximate surface area is 121 Å². The monoisotopic (exact) mass is 301 g/mol. The third-order valence-corrected chi connectivity index (χ3v) is 4.30. The van der Waals surface area contributed by atoms with Crippen LogP contribution in [0.25, 0.3) is 0 Å². The number of sulfonamides is 1. The van der Waals surface area contributed by atoms with Crippen molar-refractivity contribution in [3.8, 4) is 0 Å². The minimum absolute atomic E-state index is 0.0172. The molecule has 0 aliphatic heterocycles. The van der Waals surface area contributed by atoms with Crippen LogP contribution in [0.4, 0.5) is 5.69 Å². The summed E-state index contributed by atoms with van der Waals surface area (Å²) in [6, 6.07) is 3.11. The molecule has 1 atom stereocenters. The van der Waals surface area contributed by atoms with Gasteiger partial charge in [-0.25, -0.2) is 18.1 Å². The van der Waals surface area contributed by atoms with Gasteiger partial charge in [0.2, 0.25) is 0 Å². The second-order valence-corrected chi connectivity index (χ2v) is 6.44. The number of aromatic nitrogens is 1. The van der Waals surface area contributed by atoms with Crippen molar-refractivity contribution in [2.75, 3.05) is 25.6 Å². The van der Waals surface area contributed by atoms with Gasteiger partial charge in [-0.05, 0) is 25.0 Å². The Kier molecular flexibility index (Phi) is 6.38. The van der Waals surface area contributed by atoms with E-state index in [0.29, 0.717) is 18.8 Å². The summed E-state index contributed by atoms with van der Waals surface area (Å²) >= 11 is 0. The van der Waals surface area contributed by atoms with E-state index in [1.807, 2.05) is 20.8 Å². The van der Waals surface area contributed by atoms with Gasteiger partial charge in [-0.3, -0.25) is 0 Å². The van der Waals surface area contributed by atoms with E-state index in [9.17, 15) is 8.42 Å². The maximum absolute atomic E-state index is 12.4. The fourth-order valence-corrected chi connectivity index (χ4v) is 3.21. The first-order valence-corrected chi connectivity index (χ1v) is 8.10. The average molecular weight is 301 g/mol. The number of methoxy groups -OCH3 is 1. The number of nitrogens with zero attached hydrogens (tertiary/aromatic N) is 1. The second kappa shape index (κ2) is 7.56. The summed E-state index contributed by atoms with van der Waals surface area (Å²) in [5.74, 6) is 0.121. The molecule has 0 aliphatic carbocycles. The molecule has 6 nitrogen and oxygen atoms in total. The lowest BCUT2D eigenvalue weighted by atomic mass is 10.1. The molecule has 0 aliphatic rings. The fourth-order valence-electron chi connectivity index (χ4n) is 1.73. The fraction of sp³-hybridized carbons (Fsp3) is 0.615. The largest absolute Gasteiger partial charge is 0.383 e. The molecule has 1 unspecified atom stereocenters. The molecule has 0 fully saturated rings. The summed E-state index contributed by atoms with van der Waals surface area (Å²) < 4.78 is 32.6. The summed E-state index contributed by atoms with van der Waals surface area (Å²) in [7, 11) is -2.13. The van der Waals surface area contributed by atoms with E-state index in [4.69, 9.17) is 4.74 Å². The molecule has 1 aromatic heterocycles. The van der Waals surface area contributed by atoms with E-state index in [2.05, 4.69) is 15.0 Å². The van der Waals surface area contributed by atoms with Crippen LogP contribution in [0.5, 0.6) is 0 Å². The van der Waals surface area contributed by atoms with Gasteiger partial charge in [0.25, 0.3) is 10.0 Å². The van der Waals surface area contributed by atoms with Gasteiger partial charge in [0.1, 0.15) is 0 Å². The van der Waals surface area contributed by atoms with E-state index in [1.165, 1.54) is 6.20 Å². The van der Waals surface area contributed by atoms with Crippen molar-refractivity contribution < 1.29 is 13.2 Å². The van der Waals surface area contributed by atoms with Gasteiger partial charge < -0.3 is 10.1 Å². The predicted molar refractivity (Wildman–Crippen MR) is 79.2 cm³/mol. The number of rotatable bonds is 8. The SMILES string of the molecule is CCNc1cccnc1S(=O)(=O)NC(COC)C(C)C. The minimum Gasteiger partial charge on any atom is -0.383 e. The molecule has 0 bridgehead atoms. The van der Waals surface area contributed by atoms with Crippen molar-refractivity contribution in [1.82, 2.24) is 9.71 Å². The molecule has 7 heteroatoms. The third kappa shape index (κ3) is 4.43. The first-order valence-electron chi connectivity index (χ1n) is 6.62. The molecule has 0 amide bonds. The Morgan fingerprint density at radius 2 is 2.10 bits per heavy atom. The van der Waals surface area contributed by atoms with Gasteiger partial charge in [0.15, 0.2) is 5.03 Å². The van der Waals surface area contributed by atoms with Crippen LogP contribution in [-0.4, -0.2) is 39.7 Å². The van der Waals surface area contributed by atoms with Gasteiger partial charge in [-0.1, -0.05) is 13.8 Å². The maximum atomic E-state index is 12.4. The van der Waals surface area contributed by atoms with Crippen molar-refractivity contribution in [1.29, 1.82) is 0 Å². The number of hydrogen-bond acceptors (Lipinski definition) is 5. The van der Waals surface area contributed by atoms with Crippen LogP contribution in [0, 0.1) is 5.92 Å². The Balaban J connectivity index is 3.04. The third-order valence-electron chi connectivity index (χ3n) is 2.85. The highest BCUT2D eigenvalue weighted by Gasteiger charge is 2.25. The zero-order chi connectivity index (χ0) is 15.2. The number of nitrogens with one attached hydrogen (secondary N) is 2. The highest BCUT2D eigenvalue weighted by molar-refractivity contribution is 7.89. The normalized spacial score (nSPS) is 13.4. The Morgan fingerprint density at radius 3 is 2.65 bits per heavy atom. The minimum atomic E-state index is -3.68. The van der Waals surface area contributed by atoms with E-state index >= 15 is 0 Å². The summed E-state index contributed by atoms with van der Waals surface area (Å²) in [5.41, 5.74) is 0.502. The Morgan fingerprint density at radius 1 is 1.40 bits per heavy atom. The summed E-state index contributed by atoms with van der Waals surface area (Å²) in [4.78, 5) is 3.99. The number of anilines is 1. The highest BCUT2D eigenvalue weighted by atomic mass is 32.2. The van der Waals surface area contributed by atoms with Gasteiger partial charge >= 0.3 is 0 Å². The molecule has 0 saturated carbocycles. The molecular weight excluding hydrogens is 278 g/mol. The van der Waals surface area contributed by atoms with Gasteiger partial charge in [0, 0.05) is 25.9 Å². The maximum Gasteiger partial charge on any atom is 0.260 e. The standard InChI is InChI=1S/C13H23N3O3S/c1-5-14-11-7-6-8-15-13(11)20(17,18)16-12(9-19-4)10(2)3/h6-8,10,12,14,16H,5,9H2,1-4H3. The first kappa shape index (κ1) is 16.9. The number of ether oxygens (including phenoxy) is 1.